The lowest BCUT2D eigenvalue weighted by Gasteiger charge is -2.05. The van der Waals surface area contributed by atoms with Crippen LogP contribution >= 0.6 is 0 Å². The van der Waals surface area contributed by atoms with E-state index in [2.05, 4.69) is 20.6 Å². The number of carbonyl (C=O) groups excluding carboxylic acids is 3. The van der Waals surface area contributed by atoms with Gasteiger partial charge in [0, 0.05) is 11.3 Å². The van der Waals surface area contributed by atoms with E-state index in [1.807, 2.05) is 42.5 Å². The summed E-state index contributed by atoms with van der Waals surface area (Å²) in [5.41, 5.74) is 3.72. The molecular weight excluding hydrogens is 358 g/mol. The molecule has 2 N–H and O–H groups in total. The predicted molar refractivity (Wildman–Crippen MR) is 106 cm³/mol. The van der Waals surface area contributed by atoms with Gasteiger partial charge in [0.15, 0.2) is 0 Å². The van der Waals surface area contributed by atoms with E-state index < -0.39 is 17.8 Å². The number of carbonyl (C=O) groups is 3. The van der Waals surface area contributed by atoms with Crippen molar-refractivity contribution in [3.63, 3.8) is 0 Å². The van der Waals surface area contributed by atoms with Crippen LogP contribution in [0.25, 0.3) is 10.8 Å². The first-order valence-electron chi connectivity index (χ1n) is 8.39. The zero-order valence-electron chi connectivity index (χ0n) is 15.0. The molecule has 0 atom stereocenters. The summed E-state index contributed by atoms with van der Waals surface area (Å²) >= 11 is 0. The van der Waals surface area contributed by atoms with E-state index in [0.717, 1.165) is 16.3 Å². The Hall–Kier alpha value is -4.00. The third kappa shape index (κ3) is 4.39. The van der Waals surface area contributed by atoms with Crippen molar-refractivity contribution in [2.24, 2.45) is 5.10 Å². The Morgan fingerprint density at radius 3 is 2.36 bits per heavy atom. The Morgan fingerprint density at radius 1 is 0.893 bits per heavy atom. The highest BCUT2D eigenvalue weighted by Crippen LogP contribution is 2.16. The normalized spacial score (nSPS) is 10.6. The van der Waals surface area contributed by atoms with Crippen molar-refractivity contribution < 1.29 is 19.1 Å². The van der Waals surface area contributed by atoms with Gasteiger partial charge in [-0.1, -0.05) is 42.5 Å². The molecule has 7 nitrogen and oxygen atoms in total. The van der Waals surface area contributed by atoms with Gasteiger partial charge in [0.25, 0.3) is 0 Å². The summed E-state index contributed by atoms with van der Waals surface area (Å²) in [5.74, 6) is -2.27. The summed E-state index contributed by atoms with van der Waals surface area (Å²) < 4.78 is 4.60. The molecule has 0 saturated carbocycles. The summed E-state index contributed by atoms with van der Waals surface area (Å²) in [5, 5.41) is 8.31. The Morgan fingerprint density at radius 2 is 1.61 bits per heavy atom. The van der Waals surface area contributed by atoms with Crippen LogP contribution in [0.15, 0.2) is 71.8 Å². The van der Waals surface area contributed by atoms with E-state index in [9.17, 15) is 14.4 Å². The topological polar surface area (TPSA) is 96.9 Å². The van der Waals surface area contributed by atoms with Gasteiger partial charge in [-0.25, -0.2) is 10.2 Å². The molecule has 0 aliphatic heterocycles. The van der Waals surface area contributed by atoms with Crippen molar-refractivity contribution in [3.8, 4) is 0 Å². The number of esters is 1. The molecule has 0 radical (unpaired) electrons. The van der Waals surface area contributed by atoms with E-state index in [-0.39, 0.29) is 0 Å². The standard InChI is InChI=1S/C21H17N3O4/c1-28-21(27)15-9-11-17(12-10-15)23-19(25)20(26)24-22-13-16-7-4-6-14-5-2-3-8-18(14)16/h2-13H,1H3,(H,23,25)(H,24,26)/b22-13+. The number of methoxy groups -OCH3 is 1. The van der Waals surface area contributed by atoms with E-state index in [0.29, 0.717) is 11.3 Å². The van der Waals surface area contributed by atoms with E-state index in [1.54, 1.807) is 0 Å². The minimum absolute atomic E-state index is 0.338. The summed E-state index contributed by atoms with van der Waals surface area (Å²) in [4.78, 5) is 35.2. The molecule has 0 unspecified atom stereocenters. The van der Waals surface area contributed by atoms with Gasteiger partial charge >= 0.3 is 17.8 Å². The largest absolute Gasteiger partial charge is 0.465 e. The average molecular weight is 375 g/mol. The number of ether oxygens (including phenoxy) is 1. The second-order valence-corrected chi connectivity index (χ2v) is 5.79. The van der Waals surface area contributed by atoms with Crippen LogP contribution in [0.2, 0.25) is 0 Å². The molecular formula is C21H17N3O4. The maximum absolute atomic E-state index is 12.0. The van der Waals surface area contributed by atoms with Gasteiger partial charge < -0.3 is 10.1 Å². The maximum Gasteiger partial charge on any atom is 0.337 e. The number of hydrogen-bond donors (Lipinski definition) is 2. The lowest BCUT2D eigenvalue weighted by molar-refractivity contribution is -0.136. The van der Waals surface area contributed by atoms with Crippen LogP contribution in [-0.4, -0.2) is 31.1 Å². The van der Waals surface area contributed by atoms with E-state index in [4.69, 9.17) is 0 Å². The number of nitrogens with zero attached hydrogens (tertiary/aromatic N) is 1. The molecule has 28 heavy (non-hydrogen) atoms. The van der Waals surface area contributed by atoms with Crippen molar-refractivity contribution in [2.75, 3.05) is 12.4 Å². The smallest absolute Gasteiger partial charge is 0.337 e. The van der Waals surface area contributed by atoms with Gasteiger partial charge in [0.2, 0.25) is 0 Å². The van der Waals surface area contributed by atoms with Gasteiger partial charge in [-0.2, -0.15) is 5.10 Å². The second kappa shape index (κ2) is 8.59. The Balaban J connectivity index is 1.60. The lowest BCUT2D eigenvalue weighted by atomic mass is 10.1. The molecule has 2 amide bonds. The fraction of sp³-hybridized carbons (Fsp3) is 0.0476. The first-order chi connectivity index (χ1) is 13.6. The molecule has 0 heterocycles. The Labute approximate surface area is 161 Å². The van der Waals surface area contributed by atoms with Crippen molar-refractivity contribution in [3.05, 3.63) is 77.9 Å². The summed E-state index contributed by atoms with van der Waals surface area (Å²) in [6.45, 7) is 0. The number of amides is 2. The maximum atomic E-state index is 12.0. The molecule has 0 aliphatic carbocycles. The number of rotatable bonds is 4. The molecule has 0 bridgehead atoms. The molecule has 3 aromatic carbocycles. The molecule has 140 valence electrons. The van der Waals surface area contributed by atoms with Crippen LogP contribution in [-0.2, 0) is 14.3 Å². The minimum atomic E-state index is -0.909. The first-order valence-corrected chi connectivity index (χ1v) is 8.39. The highest BCUT2D eigenvalue weighted by Gasteiger charge is 2.13. The number of fused-ring (bicyclic) bond motifs is 1. The van der Waals surface area contributed by atoms with Gasteiger partial charge in [-0.05, 0) is 35.0 Å². The molecule has 7 heteroatoms. The van der Waals surface area contributed by atoms with E-state index in [1.165, 1.54) is 37.6 Å². The third-order valence-corrected chi connectivity index (χ3v) is 3.96. The molecule has 3 rings (SSSR count). The molecule has 0 aromatic heterocycles. The fourth-order valence-corrected chi connectivity index (χ4v) is 2.57. The number of benzene rings is 3. The lowest BCUT2D eigenvalue weighted by Crippen LogP contribution is -2.32. The van der Waals surface area contributed by atoms with Crippen molar-refractivity contribution in [1.82, 2.24) is 5.43 Å². The number of hydrazone groups is 1. The number of hydrogen-bond acceptors (Lipinski definition) is 5. The van der Waals surface area contributed by atoms with Crippen molar-refractivity contribution in [2.45, 2.75) is 0 Å². The second-order valence-electron chi connectivity index (χ2n) is 5.79. The van der Waals surface area contributed by atoms with Crippen molar-refractivity contribution in [1.29, 1.82) is 0 Å². The molecule has 0 spiro atoms. The average Bonchev–Trinajstić information content (AvgIpc) is 2.73. The third-order valence-electron chi connectivity index (χ3n) is 3.96. The molecule has 0 saturated heterocycles. The van der Waals surface area contributed by atoms with Crippen LogP contribution in [0.3, 0.4) is 0 Å². The zero-order valence-corrected chi connectivity index (χ0v) is 15.0. The fourth-order valence-electron chi connectivity index (χ4n) is 2.57. The highest BCUT2D eigenvalue weighted by molar-refractivity contribution is 6.39. The van der Waals surface area contributed by atoms with Crippen molar-refractivity contribution >= 4 is 40.5 Å². The summed E-state index contributed by atoms with van der Waals surface area (Å²) in [6.07, 6.45) is 1.48. The van der Waals surface area contributed by atoms with Crippen LogP contribution in [0, 0.1) is 0 Å². The summed E-state index contributed by atoms with van der Waals surface area (Å²) in [6, 6.07) is 19.5. The highest BCUT2D eigenvalue weighted by atomic mass is 16.5. The molecule has 3 aromatic rings. The zero-order chi connectivity index (χ0) is 19.9. The van der Waals surface area contributed by atoms with Crippen LogP contribution < -0.4 is 10.7 Å². The van der Waals surface area contributed by atoms with Crippen LogP contribution in [0.5, 0.6) is 0 Å². The van der Waals surface area contributed by atoms with Gasteiger partial charge in [-0.3, -0.25) is 9.59 Å². The van der Waals surface area contributed by atoms with Gasteiger partial charge in [-0.15, -0.1) is 0 Å². The quantitative estimate of drug-likeness (QED) is 0.317. The first kappa shape index (κ1) is 18.8. The van der Waals surface area contributed by atoms with Crippen LogP contribution in [0.1, 0.15) is 15.9 Å². The Kier molecular flexibility index (Phi) is 5.76. The van der Waals surface area contributed by atoms with E-state index >= 15 is 0 Å². The monoisotopic (exact) mass is 375 g/mol. The minimum Gasteiger partial charge on any atom is -0.465 e. The number of nitrogens with one attached hydrogen (secondary N) is 2. The Bertz CT molecular complexity index is 1050. The predicted octanol–water partition coefficient (Wildman–Crippen LogP) is 2.72. The SMILES string of the molecule is COC(=O)c1ccc(NC(=O)C(=O)N/N=C/c2cccc3ccccc23)cc1. The summed E-state index contributed by atoms with van der Waals surface area (Å²) in [7, 11) is 1.28. The molecule has 0 aliphatic rings. The number of anilines is 1. The van der Waals surface area contributed by atoms with Gasteiger partial charge in [0.05, 0.1) is 18.9 Å². The molecule has 0 fully saturated rings. The van der Waals surface area contributed by atoms with Crippen LogP contribution in [0.4, 0.5) is 5.69 Å². The van der Waals surface area contributed by atoms with Gasteiger partial charge in [0.1, 0.15) is 0 Å².